The molecule has 0 radical (unpaired) electrons. The van der Waals surface area contributed by atoms with Gasteiger partial charge in [-0.05, 0) is 96.9 Å². The lowest BCUT2D eigenvalue weighted by molar-refractivity contribution is 0.181. The third kappa shape index (κ3) is 80.9. The second kappa shape index (κ2) is 84.8. The summed E-state index contributed by atoms with van der Waals surface area (Å²) in [6.45, 7) is 41.9. The van der Waals surface area contributed by atoms with Crippen LogP contribution in [0.1, 0.15) is 149 Å². The van der Waals surface area contributed by atoms with E-state index in [9.17, 15) is 0 Å². The summed E-state index contributed by atoms with van der Waals surface area (Å²) < 4.78 is 0. The van der Waals surface area contributed by atoms with Gasteiger partial charge >= 0.3 is 0 Å². The van der Waals surface area contributed by atoms with Gasteiger partial charge in [-0.3, -0.25) is 4.98 Å². The zero-order valence-electron chi connectivity index (χ0n) is 35.9. The molecule has 0 saturated carbocycles. The fraction of sp³-hybridized carbons (Fsp3) is 0.780. The van der Waals surface area contributed by atoms with Crippen molar-refractivity contribution in [1.82, 2.24) is 30.7 Å². The number of hydrogen-bond donors (Lipinski definition) is 3. The van der Waals surface area contributed by atoms with Crippen LogP contribution in [0.4, 0.5) is 0 Å². The molecule has 0 atom stereocenters. The largest absolute Gasteiger partial charge is 0.368 e. The van der Waals surface area contributed by atoms with E-state index in [0.29, 0.717) is 0 Å². The molecule has 1 aromatic rings. The number of pyridine rings is 1. The number of piperidine rings is 1. The number of likely N-dealkylation sites (N-methyl/N-ethyl adjacent to an activating group) is 2. The van der Waals surface area contributed by atoms with Crippen LogP contribution in [-0.4, -0.2) is 81.2 Å². The van der Waals surface area contributed by atoms with E-state index in [1.807, 2.05) is 141 Å². The molecule has 6 nitrogen and oxygen atoms in total. The Morgan fingerprint density at radius 1 is 0.426 bits per heavy atom. The number of piperazine rings is 1. The van der Waals surface area contributed by atoms with Gasteiger partial charge in [-0.15, -0.1) is 0 Å². The molecule has 0 spiro atoms. The second-order valence-corrected chi connectivity index (χ2v) is 8.11. The first-order valence-corrected chi connectivity index (χ1v) is 20.0. The summed E-state index contributed by atoms with van der Waals surface area (Å²) in [7, 11) is 4.35. The Balaban J connectivity index is -0.0000000612. The average Bonchev–Trinajstić information content (AvgIpc) is 3.83. The molecule has 288 valence electrons. The van der Waals surface area contributed by atoms with Gasteiger partial charge < -0.3 is 25.8 Å². The summed E-state index contributed by atoms with van der Waals surface area (Å²) in [6, 6.07) is 5.72. The van der Waals surface area contributed by atoms with Crippen LogP contribution in [0.5, 0.6) is 0 Å². The van der Waals surface area contributed by atoms with Crippen molar-refractivity contribution in [2.24, 2.45) is 0 Å². The lowest BCUT2D eigenvalue weighted by Crippen LogP contribution is -2.42. The highest BCUT2D eigenvalue weighted by molar-refractivity contribution is 4.98. The number of dihydropyridines is 1. The summed E-state index contributed by atoms with van der Waals surface area (Å²) >= 11 is 0. The standard InChI is InChI=1S/C6H14N2.C5H11N.C5H7N.C5H5N.C4H9N.8C2H6/c1-7-3-5-8(2)6-4-7;3*1-2-4-6-5-3-1;1-2-4-5-3-1;8*1-2/h3-6H2,1-2H3;6H,1-5H2;2-6H,1H2;1-5H;5H,1-4H2;8*1-2H3. The van der Waals surface area contributed by atoms with Gasteiger partial charge in [0.25, 0.3) is 0 Å². The van der Waals surface area contributed by atoms with Gasteiger partial charge in [0.1, 0.15) is 0 Å². The lowest BCUT2D eigenvalue weighted by Gasteiger charge is -2.28. The molecular weight excluding hydrogens is 576 g/mol. The normalized spacial score (nSPS) is 14.3. The van der Waals surface area contributed by atoms with Crippen LogP contribution >= 0.6 is 0 Å². The van der Waals surface area contributed by atoms with Crippen LogP contribution in [-0.2, 0) is 0 Å². The zero-order valence-corrected chi connectivity index (χ0v) is 35.9. The van der Waals surface area contributed by atoms with E-state index in [4.69, 9.17) is 0 Å². The van der Waals surface area contributed by atoms with Gasteiger partial charge in [0.15, 0.2) is 0 Å². The van der Waals surface area contributed by atoms with Crippen molar-refractivity contribution >= 4 is 0 Å². The van der Waals surface area contributed by atoms with Crippen LogP contribution in [0.25, 0.3) is 0 Å². The SMILES string of the molecule is C1=CNC=CC1.C1CCNC1.C1CCNCC1.CC.CC.CC.CC.CC.CC.CC.CC.CN1CCN(C)CC1.c1ccncc1. The number of rotatable bonds is 0. The molecule has 0 aliphatic carbocycles. The Morgan fingerprint density at radius 2 is 0.723 bits per heavy atom. The van der Waals surface area contributed by atoms with Crippen LogP contribution in [0.3, 0.4) is 0 Å². The summed E-state index contributed by atoms with van der Waals surface area (Å²) in [5.74, 6) is 0. The third-order valence-electron chi connectivity index (χ3n) is 5.16. The van der Waals surface area contributed by atoms with E-state index >= 15 is 0 Å². The minimum absolute atomic E-state index is 1.08. The molecule has 0 bridgehead atoms. The highest BCUT2D eigenvalue weighted by Gasteiger charge is 2.07. The van der Waals surface area contributed by atoms with E-state index < -0.39 is 0 Å². The van der Waals surface area contributed by atoms with Gasteiger partial charge in [-0.1, -0.05) is 135 Å². The zero-order chi connectivity index (χ0) is 38.2. The molecule has 5 rings (SSSR count). The molecule has 1 aromatic heterocycles. The Kier molecular flexibility index (Phi) is 115. The van der Waals surface area contributed by atoms with E-state index in [-0.39, 0.29) is 0 Å². The molecule has 3 saturated heterocycles. The summed E-state index contributed by atoms with van der Waals surface area (Å²) in [5.41, 5.74) is 0. The lowest BCUT2D eigenvalue weighted by atomic mass is 10.2. The maximum atomic E-state index is 3.78. The molecule has 3 N–H and O–H groups in total. The quantitative estimate of drug-likeness (QED) is 0.255. The van der Waals surface area contributed by atoms with Crippen molar-refractivity contribution in [3.05, 3.63) is 55.1 Å². The topological polar surface area (TPSA) is 55.5 Å². The Bertz CT molecular complexity index is 446. The Morgan fingerprint density at radius 3 is 0.851 bits per heavy atom. The van der Waals surface area contributed by atoms with E-state index in [1.165, 1.54) is 84.5 Å². The van der Waals surface area contributed by atoms with Crippen molar-refractivity contribution in [3.63, 3.8) is 0 Å². The van der Waals surface area contributed by atoms with Crippen LogP contribution < -0.4 is 16.0 Å². The molecule has 0 amide bonds. The van der Waals surface area contributed by atoms with Crippen molar-refractivity contribution in [3.8, 4) is 0 Å². The highest BCUT2D eigenvalue weighted by atomic mass is 15.2. The third-order valence-corrected chi connectivity index (χ3v) is 5.16. The number of allylic oxidation sites excluding steroid dienone is 2. The maximum absolute atomic E-state index is 3.78. The first-order chi connectivity index (χ1) is 23.3. The molecular formula is C41H94N6. The number of aromatic nitrogens is 1. The van der Waals surface area contributed by atoms with Crippen molar-refractivity contribution in [2.75, 3.05) is 66.5 Å². The van der Waals surface area contributed by atoms with Gasteiger partial charge in [0.2, 0.25) is 0 Å². The van der Waals surface area contributed by atoms with Crippen molar-refractivity contribution < 1.29 is 0 Å². The fourth-order valence-corrected chi connectivity index (χ4v) is 3.05. The molecule has 4 aliphatic rings. The number of nitrogens with zero attached hydrogens (tertiary/aromatic N) is 3. The average molecular weight is 671 g/mol. The van der Waals surface area contributed by atoms with Crippen LogP contribution in [0.15, 0.2) is 55.1 Å². The number of nitrogens with one attached hydrogen (secondary N) is 3. The van der Waals surface area contributed by atoms with Gasteiger partial charge in [0.05, 0.1) is 0 Å². The molecule has 6 heteroatoms. The smallest absolute Gasteiger partial charge is 0.0267 e. The first-order valence-electron chi connectivity index (χ1n) is 20.0. The maximum Gasteiger partial charge on any atom is 0.0267 e. The summed E-state index contributed by atoms with van der Waals surface area (Å²) in [5, 5.41) is 9.43. The van der Waals surface area contributed by atoms with Crippen LogP contribution in [0, 0.1) is 0 Å². The van der Waals surface area contributed by atoms with Crippen molar-refractivity contribution in [1.29, 1.82) is 0 Å². The first kappa shape index (κ1) is 63.9. The molecule has 3 fully saturated rings. The minimum Gasteiger partial charge on any atom is -0.368 e. The van der Waals surface area contributed by atoms with Crippen molar-refractivity contribution in [2.45, 2.75) is 149 Å². The predicted octanol–water partition coefficient (Wildman–Crippen LogP) is 11.3. The molecule has 0 unspecified atom stereocenters. The summed E-state index contributed by atoms with van der Waals surface area (Å²) in [6.07, 6.45) is 19.6. The van der Waals surface area contributed by atoms with E-state index in [0.717, 1.165) is 6.42 Å². The Hall–Kier alpha value is -1.73. The van der Waals surface area contributed by atoms with E-state index in [2.05, 4.69) is 57.0 Å². The highest BCUT2D eigenvalue weighted by Crippen LogP contribution is 1.96. The fourth-order valence-electron chi connectivity index (χ4n) is 3.05. The van der Waals surface area contributed by atoms with Gasteiger partial charge in [0, 0.05) is 38.6 Å². The molecule has 0 aromatic carbocycles. The second-order valence-electron chi connectivity index (χ2n) is 8.11. The Labute approximate surface area is 301 Å². The molecule has 4 aliphatic heterocycles. The van der Waals surface area contributed by atoms with Gasteiger partial charge in [-0.2, -0.15) is 0 Å². The summed E-state index contributed by atoms with van der Waals surface area (Å²) in [4.78, 5) is 8.51. The van der Waals surface area contributed by atoms with Crippen LogP contribution in [0.2, 0.25) is 0 Å². The predicted molar refractivity (Wildman–Crippen MR) is 225 cm³/mol. The molecule has 47 heavy (non-hydrogen) atoms. The van der Waals surface area contributed by atoms with E-state index in [1.54, 1.807) is 12.4 Å². The monoisotopic (exact) mass is 671 g/mol. The molecule has 5 heterocycles. The van der Waals surface area contributed by atoms with Gasteiger partial charge in [-0.25, -0.2) is 0 Å². The minimum atomic E-state index is 1.08. The number of hydrogen-bond acceptors (Lipinski definition) is 6.